The van der Waals surface area contributed by atoms with Crippen molar-refractivity contribution >= 4 is 23.4 Å². The lowest BCUT2D eigenvalue weighted by Crippen LogP contribution is -2.23. The van der Waals surface area contributed by atoms with E-state index < -0.39 is 0 Å². The van der Waals surface area contributed by atoms with Gasteiger partial charge >= 0.3 is 5.97 Å². The van der Waals surface area contributed by atoms with Crippen molar-refractivity contribution in [1.82, 2.24) is 5.43 Å². The van der Waals surface area contributed by atoms with Gasteiger partial charge in [-0.25, -0.2) is 4.79 Å². The third-order valence-corrected chi connectivity index (χ3v) is 5.29. The predicted molar refractivity (Wildman–Crippen MR) is 91.3 cm³/mol. The van der Waals surface area contributed by atoms with Gasteiger partial charge in [0.1, 0.15) is 5.75 Å². The number of rotatable bonds is 2. The van der Waals surface area contributed by atoms with Crippen LogP contribution in [0.15, 0.2) is 52.5 Å². The number of thioether (sulfide) groups is 1. The lowest BCUT2D eigenvalue weighted by Gasteiger charge is -2.21. The second kappa shape index (κ2) is 5.74. The summed E-state index contributed by atoms with van der Waals surface area (Å²) < 4.78 is 5.55. The normalized spacial score (nSPS) is 18.5. The highest BCUT2D eigenvalue weighted by atomic mass is 32.2. The number of carbonyl (C=O) groups excluding carboxylic acids is 1. The van der Waals surface area contributed by atoms with Crippen molar-refractivity contribution in [2.24, 2.45) is 11.0 Å². The summed E-state index contributed by atoms with van der Waals surface area (Å²) in [5.74, 6) is 1.71. The van der Waals surface area contributed by atoms with Gasteiger partial charge in [0.25, 0.3) is 0 Å². The topological polar surface area (TPSA) is 50.7 Å². The van der Waals surface area contributed by atoms with Crippen LogP contribution in [0.2, 0.25) is 0 Å². The van der Waals surface area contributed by atoms with Crippen molar-refractivity contribution in [1.29, 1.82) is 0 Å². The summed E-state index contributed by atoms with van der Waals surface area (Å²) in [6.45, 7) is 2.84. The minimum atomic E-state index is -0.333. The molecule has 0 amide bonds. The van der Waals surface area contributed by atoms with Crippen molar-refractivity contribution in [3.05, 3.63) is 59.2 Å². The zero-order valence-corrected chi connectivity index (χ0v) is 13.5. The molecule has 1 atom stereocenters. The van der Waals surface area contributed by atoms with Crippen LogP contribution in [0.3, 0.4) is 0 Å². The van der Waals surface area contributed by atoms with E-state index in [0.29, 0.717) is 17.2 Å². The summed E-state index contributed by atoms with van der Waals surface area (Å²) in [6, 6.07) is 13.2. The molecule has 0 radical (unpaired) electrons. The maximum Gasteiger partial charge on any atom is 0.343 e. The Hall–Kier alpha value is -2.27. The van der Waals surface area contributed by atoms with Gasteiger partial charge in [-0.2, -0.15) is 5.10 Å². The smallest absolute Gasteiger partial charge is 0.343 e. The van der Waals surface area contributed by atoms with Crippen LogP contribution in [0, 0.1) is 12.8 Å². The molecule has 0 bridgehead atoms. The molecule has 0 saturated heterocycles. The fourth-order valence-corrected chi connectivity index (χ4v) is 4.01. The molecule has 0 saturated carbocycles. The van der Waals surface area contributed by atoms with Crippen LogP contribution in [0.1, 0.15) is 21.5 Å². The number of fused-ring (bicyclic) bond motifs is 3. The molecule has 4 nitrogen and oxygen atoms in total. The predicted octanol–water partition coefficient (Wildman–Crippen LogP) is 3.24. The Morgan fingerprint density at radius 1 is 1.30 bits per heavy atom. The summed E-state index contributed by atoms with van der Waals surface area (Å²) in [4.78, 5) is 13.5. The Morgan fingerprint density at radius 3 is 3.09 bits per heavy atom. The molecule has 1 unspecified atom stereocenters. The number of ether oxygens (including phenoxy) is 1. The van der Waals surface area contributed by atoms with Crippen LogP contribution in [-0.4, -0.2) is 24.0 Å². The SMILES string of the molecule is Cc1cccc(C(=O)Oc2ccc3c(c2)C2=NNCC2CS3)c1. The van der Waals surface area contributed by atoms with Crippen LogP contribution in [0.4, 0.5) is 0 Å². The van der Waals surface area contributed by atoms with Crippen molar-refractivity contribution in [3.63, 3.8) is 0 Å². The average Bonchev–Trinajstić information content (AvgIpc) is 3.04. The van der Waals surface area contributed by atoms with Gasteiger partial charge < -0.3 is 10.2 Å². The molecule has 4 rings (SSSR count). The number of benzene rings is 2. The molecule has 0 fully saturated rings. The molecule has 2 aromatic rings. The van der Waals surface area contributed by atoms with Crippen molar-refractivity contribution in [2.45, 2.75) is 11.8 Å². The molecular weight excluding hydrogens is 308 g/mol. The Kier molecular flexibility index (Phi) is 3.58. The van der Waals surface area contributed by atoms with E-state index in [-0.39, 0.29) is 5.97 Å². The molecule has 1 N–H and O–H groups in total. The van der Waals surface area contributed by atoms with Gasteiger partial charge in [-0.1, -0.05) is 17.7 Å². The highest BCUT2D eigenvalue weighted by Crippen LogP contribution is 2.36. The maximum atomic E-state index is 12.3. The van der Waals surface area contributed by atoms with Crippen molar-refractivity contribution < 1.29 is 9.53 Å². The van der Waals surface area contributed by atoms with Gasteiger partial charge in [0, 0.05) is 28.7 Å². The average molecular weight is 324 g/mol. The third-order valence-electron chi connectivity index (χ3n) is 4.06. The first kappa shape index (κ1) is 14.3. The zero-order valence-electron chi connectivity index (χ0n) is 12.7. The third kappa shape index (κ3) is 2.72. The van der Waals surface area contributed by atoms with Gasteiger partial charge in [-0.05, 0) is 37.3 Å². The number of hydrogen-bond acceptors (Lipinski definition) is 5. The second-order valence-electron chi connectivity index (χ2n) is 5.78. The van der Waals surface area contributed by atoms with Crippen LogP contribution < -0.4 is 10.2 Å². The van der Waals surface area contributed by atoms with E-state index in [4.69, 9.17) is 4.74 Å². The summed E-state index contributed by atoms with van der Waals surface area (Å²) in [7, 11) is 0. The highest BCUT2D eigenvalue weighted by molar-refractivity contribution is 7.99. The van der Waals surface area contributed by atoms with E-state index in [2.05, 4.69) is 10.5 Å². The first-order chi connectivity index (χ1) is 11.2. The number of carbonyl (C=O) groups is 1. The Labute approximate surface area is 138 Å². The lowest BCUT2D eigenvalue weighted by atomic mass is 9.98. The van der Waals surface area contributed by atoms with E-state index in [1.165, 1.54) is 4.90 Å². The number of aryl methyl sites for hydroxylation is 1. The van der Waals surface area contributed by atoms with E-state index >= 15 is 0 Å². The number of esters is 1. The summed E-state index contributed by atoms with van der Waals surface area (Å²) in [6.07, 6.45) is 0. The van der Waals surface area contributed by atoms with E-state index in [1.807, 2.05) is 55.1 Å². The summed E-state index contributed by atoms with van der Waals surface area (Å²) in [5, 5.41) is 4.40. The minimum Gasteiger partial charge on any atom is -0.423 e. The zero-order chi connectivity index (χ0) is 15.8. The van der Waals surface area contributed by atoms with Gasteiger partial charge in [-0.15, -0.1) is 11.8 Å². The fraction of sp³-hybridized carbons (Fsp3) is 0.222. The number of hydrazone groups is 1. The van der Waals surface area contributed by atoms with Crippen LogP contribution in [0.25, 0.3) is 0 Å². The molecule has 116 valence electrons. The quantitative estimate of drug-likeness (QED) is 0.680. The minimum absolute atomic E-state index is 0.333. The second-order valence-corrected chi connectivity index (χ2v) is 6.85. The molecule has 0 spiro atoms. The highest BCUT2D eigenvalue weighted by Gasteiger charge is 2.29. The first-order valence-corrected chi connectivity index (χ1v) is 8.56. The van der Waals surface area contributed by atoms with Crippen LogP contribution in [0.5, 0.6) is 5.75 Å². The van der Waals surface area contributed by atoms with Gasteiger partial charge in [0.15, 0.2) is 0 Å². The number of nitrogens with one attached hydrogen (secondary N) is 1. The Morgan fingerprint density at radius 2 is 2.22 bits per heavy atom. The number of hydrogen-bond donors (Lipinski definition) is 1. The van der Waals surface area contributed by atoms with Gasteiger partial charge in [0.05, 0.1) is 11.3 Å². The largest absolute Gasteiger partial charge is 0.423 e. The molecule has 5 heteroatoms. The molecular formula is C18H16N2O2S. The monoisotopic (exact) mass is 324 g/mol. The summed E-state index contributed by atoms with van der Waals surface area (Å²) >= 11 is 1.83. The molecule has 23 heavy (non-hydrogen) atoms. The molecule has 2 aliphatic rings. The lowest BCUT2D eigenvalue weighted by molar-refractivity contribution is 0.0734. The molecule has 2 heterocycles. The summed E-state index contributed by atoms with van der Waals surface area (Å²) in [5.41, 5.74) is 6.82. The maximum absolute atomic E-state index is 12.3. The van der Waals surface area contributed by atoms with E-state index in [0.717, 1.165) is 29.1 Å². The number of nitrogens with zero attached hydrogens (tertiary/aromatic N) is 1. The Balaban J connectivity index is 1.61. The first-order valence-electron chi connectivity index (χ1n) is 7.57. The van der Waals surface area contributed by atoms with Crippen molar-refractivity contribution in [3.8, 4) is 5.75 Å². The van der Waals surface area contributed by atoms with Crippen molar-refractivity contribution in [2.75, 3.05) is 12.3 Å². The fourth-order valence-electron chi connectivity index (χ4n) is 2.87. The van der Waals surface area contributed by atoms with Crippen LogP contribution >= 0.6 is 11.8 Å². The Bertz CT molecular complexity index is 816. The molecule has 2 aliphatic heterocycles. The molecule has 0 aromatic heterocycles. The standard InChI is InChI=1S/C18H16N2O2S/c1-11-3-2-4-12(7-11)18(21)22-14-5-6-16-15(8-14)17-13(10-23-16)9-19-20-17/h2-8,13,19H,9-10H2,1H3. The van der Waals surface area contributed by atoms with E-state index in [1.54, 1.807) is 6.07 Å². The van der Waals surface area contributed by atoms with Gasteiger partial charge in [0.2, 0.25) is 0 Å². The molecule has 0 aliphatic carbocycles. The van der Waals surface area contributed by atoms with E-state index in [9.17, 15) is 4.79 Å². The van der Waals surface area contributed by atoms with Gasteiger partial charge in [-0.3, -0.25) is 0 Å². The molecule has 2 aromatic carbocycles. The van der Waals surface area contributed by atoms with Crippen LogP contribution in [-0.2, 0) is 0 Å².